The molecular weight excluding hydrogens is 314 g/mol. The maximum Gasteiger partial charge on any atom is 0.191 e. The van der Waals surface area contributed by atoms with E-state index in [1.54, 1.807) is 0 Å². The molecule has 0 spiro atoms. The molecule has 0 aromatic carbocycles. The van der Waals surface area contributed by atoms with Gasteiger partial charge in [-0.1, -0.05) is 19.4 Å². The normalized spacial score (nSPS) is 21.3. The van der Waals surface area contributed by atoms with Crippen molar-refractivity contribution in [3.05, 3.63) is 23.9 Å². The molecule has 2 N–H and O–H groups in total. The van der Waals surface area contributed by atoms with Crippen molar-refractivity contribution in [2.24, 2.45) is 4.99 Å². The molecule has 140 valence electrons. The van der Waals surface area contributed by atoms with Gasteiger partial charge in [0.15, 0.2) is 5.96 Å². The minimum absolute atomic E-state index is 0.242. The van der Waals surface area contributed by atoms with E-state index >= 15 is 0 Å². The minimum atomic E-state index is 0.242. The molecule has 2 unspecified atom stereocenters. The lowest BCUT2D eigenvalue weighted by Gasteiger charge is -2.36. The number of morpholine rings is 1. The molecule has 0 saturated carbocycles. The number of nitrogens with one attached hydrogen (secondary N) is 2. The van der Waals surface area contributed by atoms with Crippen molar-refractivity contribution in [3.63, 3.8) is 0 Å². The van der Waals surface area contributed by atoms with Gasteiger partial charge < -0.3 is 20.3 Å². The van der Waals surface area contributed by atoms with E-state index in [4.69, 9.17) is 4.74 Å². The fraction of sp³-hybridized carbons (Fsp3) is 0.684. The molecule has 1 saturated heterocycles. The number of hydrogen-bond donors (Lipinski definition) is 2. The van der Waals surface area contributed by atoms with Crippen molar-refractivity contribution in [2.45, 2.75) is 59.3 Å². The Morgan fingerprint density at radius 2 is 2.00 bits per heavy atom. The number of hydrogen-bond acceptors (Lipinski definition) is 4. The first kappa shape index (κ1) is 19.5. The molecule has 0 radical (unpaired) electrons. The molecular formula is C19H33N5O. The third-order valence-electron chi connectivity index (χ3n) is 4.14. The third-order valence-corrected chi connectivity index (χ3v) is 4.14. The molecule has 1 aromatic heterocycles. The summed E-state index contributed by atoms with van der Waals surface area (Å²) in [6.07, 6.45) is 4.74. The Kier molecular flexibility index (Phi) is 7.98. The Labute approximate surface area is 152 Å². The number of ether oxygens (including phenoxy) is 1. The topological polar surface area (TPSA) is 61.8 Å². The molecule has 6 nitrogen and oxygen atoms in total. The van der Waals surface area contributed by atoms with Crippen LogP contribution in [0.25, 0.3) is 0 Å². The summed E-state index contributed by atoms with van der Waals surface area (Å²) in [5.41, 5.74) is 1.12. The zero-order valence-corrected chi connectivity index (χ0v) is 16.1. The number of guanidine groups is 1. The average Bonchev–Trinajstić information content (AvgIpc) is 2.59. The zero-order valence-electron chi connectivity index (χ0n) is 16.1. The first-order valence-corrected chi connectivity index (χ1v) is 9.49. The molecule has 2 atom stereocenters. The molecule has 25 heavy (non-hydrogen) atoms. The average molecular weight is 348 g/mol. The van der Waals surface area contributed by atoms with Crippen LogP contribution in [0.5, 0.6) is 0 Å². The van der Waals surface area contributed by atoms with Gasteiger partial charge in [0.1, 0.15) is 5.82 Å². The Balaban J connectivity index is 1.93. The fourth-order valence-corrected chi connectivity index (χ4v) is 2.96. The highest BCUT2D eigenvalue weighted by molar-refractivity contribution is 5.79. The van der Waals surface area contributed by atoms with Crippen LogP contribution >= 0.6 is 0 Å². The first-order chi connectivity index (χ1) is 12.1. The van der Waals surface area contributed by atoms with Gasteiger partial charge in [0, 0.05) is 32.4 Å². The van der Waals surface area contributed by atoms with Gasteiger partial charge in [-0.3, -0.25) is 0 Å². The number of unbranched alkanes of at least 4 members (excludes halogenated alkanes) is 1. The van der Waals surface area contributed by atoms with Crippen LogP contribution in [0.1, 0.15) is 46.1 Å². The standard InChI is InChI=1S/C19H33N5O/c1-5-7-10-21-19(20-6-2)23-12-17-8-9-18(22-11-17)24-13-15(3)25-16(4)14-24/h8-9,11,15-16H,5-7,10,12-14H2,1-4H3,(H2,20,21,23). The molecule has 1 aliphatic rings. The van der Waals surface area contributed by atoms with E-state index in [-0.39, 0.29) is 12.2 Å². The smallest absolute Gasteiger partial charge is 0.191 e. The Bertz CT molecular complexity index is 521. The van der Waals surface area contributed by atoms with Gasteiger partial charge in [0.05, 0.1) is 18.8 Å². The maximum atomic E-state index is 5.79. The SMILES string of the molecule is CCCCNC(=NCc1ccc(N2CC(C)OC(C)C2)nc1)NCC. The monoisotopic (exact) mass is 347 g/mol. The first-order valence-electron chi connectivity index (χ1n) is 9.49. The summed E-state index contributed by atoms with van der Waals surface area (Å²) in [6.45, 7) is 12.7. The van der Waals surface area contributed by atoms with Crippen molar-refractivity contribution in [3.8, 4) is 0 Å². The largest absolute Gasteiger partial charge is 0.372 e. The van der Waals surface area contributed by atoms with Crippen LogP contribution in [0.3, 0.4) is 0 Å². The quantitative estimate of drug-likeness (QED) is 0.451. The molecule has 2 heterocycles. The number of pyridine rings is 1. The van der Waals surface area contributed by atoms with Gasteiger partial charge in [0.25, 0.3) is 0 Å². The fourth-order valence-electron chi connectivity index (χ4n) is 2.96. The minimum Gasteiger partial charge on any atom is -0.372 e. The van der Waals surface area contributed by atoms with E-state index in [0.29, 0.717) is 6.54 Å². The van der Waals surface area contributed by atoms with Crippen LogP contribution in [-0.2, 0) is 11.3 Å². The van der Waals surface area contributed by atoms with Gasteiger partial charge in [-0.15, -0.1) is 0 Å². The zero-order chi connectivity index (χ0) is 18.1. The van der Waals surface area contributed by atoms with Crippen LogP contribution in [0.4, 0.5) is 5.82 Å². The molecule has 1 fully saturated rings. The highest BCUT2D eigenvalue weighted by Gasteiger charge is 2.22. The molecule has 1 aromatic rings. The summed E-state index contributed by atoms with van der Waals surface area (Å²) in [5.74, 6) is 1.89. The van der Waals surface area contributed by atoms with Crippen molar-refractivity contribution in [1.29, 1.82) is 0 Å². The molecule has 2 rings (SSSR count). The van der Waals surface area contributed by atoms with Gasteiger partial charge in [0.2, 0.25) is 0 Å². The molecule has 0 bridgehead atoms. The number of rotatable bonds is 7. The highest BCUT2D eigenvalue weighted by atomic mass is 16.5. The molecule has 0 amide bonds. The van der Waals surface area contributed by atoms with E-state index in [1.165, 1.54) is 6.42 Å². The van der Waals surface area contributed by atoms with Crippen LogP contribution in [0.2, 0.25) is 0 Å². The van der Waals surface area contributed by atoms with Crippen molar-refractivity contribution >= 4 is 11.8 Å². The predicted octanol–water partition coefficient (Wildman–Crippen LogP) is 2.55. The van der Waals surface area contributed by atoms with Crippen molar-refractivity contribution < 1.29 is 4.74 Å². The maximum absolute atomic E-state index is 5.79. The summed E-state index contributed by atoms with van der Waals surface area (Å²) >= 11 is 0. The van der Waals surface area contributed by atoms with E-state index in [2.05, 4.69) is 65.3 Å². The Morgan fingerprint density at radius 3 is 2.60 bits per heavy atom. The van der Waals surface area contributed by atoms with Crippen molar-refractivity contribution in [1.82, 2.24) is 15.6 Å². The number of anilines is 1. The molecule has 0 aliphatic carbocycles. The number of aromatic nitrogens is 1. The lowest BCUT2D eigenvalue weighted by atomic mass is 10.2. The summed E-state index contributed by atoms with van der Waals surface area (Å²) in [4.78, 5) is 11.6. The van der Waals surface area contributed by atoms with E-state index < -0.39 is 0 Å². The predicted molar refractivity (Wildman–Crippen MR) is 104 cm³/mol. The van der Waals surface area contributed by atoms with Crippen LogP contribution < -0.4 is 15.5 Å². The van der Waals surface area contributed by atoms with Crippen LogP contribution in [-0.4, -0.2) is 49.3 Å². The number of nitrogens with zero attached hydrogens (tertiary/aromatic N) is 3. The summed E-state index contributed by atoms with van der Waals surface area (Å²) in [5, 5.41) is 6.64. The lowest BCUT2D eigenvalue weighted by molar-refractivity contribution is -0.00545. The van der Waals surface area contributed by atoms with Crippen molar-refractivity contribution in [2.75, 3.05) is 31.1 Å². The third kappa shape index (κ3) is 6.53. The molecule has 6 heteroatoms. The highest BCUT2D eigenvalue weighted by Crippen LogP contribution is 2.18. The van der Waals surface area contributed by atoms with Gasteiger partial charge in [-0.2, -0.15) is 0 Å². The van der Waals surface area contributed by atoms with E-state index in [9.17, 15) is 0 Å². The summed E-state index contributed by atoms with van der Waals surface area (Å²) in [6, 6.07) is 4.21. The van der Waals surface area contributed by atoms with Crippen LogP contribution in [0, 0.1) is 0 Å². The lowest BCUT2D eigenvalue weighted by Crippen LogP contribution is -2.45. The second-order valence-electron chi connectivity index (χ2n) is 6.66. The Hall–Kier alpha value is -1.82. The van der Waals surface area contributed by atoms with E-state index in [1.807, 2.05) is 6.20 Å². The number of aliphatic imine (C=N–C) groups is 1. The van der Waals surface area contributed by atoms with Crippen LogP contribution in [0.15, 0.2) is 23.3 Å². The van der Waals surface area contributed by atoms with Gasteiger partial charge >= 0.3 is 0 Å². The van der Waals surface area contributed by atoms with Gasteiger partial charge in [-0.05, 0) is 38.8 Å². The molecule has 1 aliphatic heterocycles. The summed E-state index contributed by atoms with van der Waals surface area (Å²) < 4.78 is 5.79. The van der Waals surface area contributed by atoms with Gasteiger partial charge in [-0.25, -0.2) is 9.98 Å². The van der Waals surface area contributed by atoms with E-state index in [0.717, 1.165) is 49.9 Å². The Morgan fingerprint density at radius 1 is 1.24 bits per heavy atom. The summed E-state index contributed by atoms with van der Waals surface area (Å²) in [7, 11) is 0. The second-order valence-corrected chi connectivity index (χ2v) is 6.66. The second kappa shape index (κ2) is 10.2.